The van der Waals surface area contributed by atoms with Gasteiger partial charge in [-0.15, -0.1) is 0 Å². The lowest BCUT2D eigenvalue weighted by atomic mass is 10.3. The van der Waals surface area contributed by atoms with E-state index in [-0.39, 0.29) is 18.4 Å². The fourth-order valence-corrected chi connectivity index (χ4v) is 1.74. The molecule has 0 saturated heterocycles. The Balaban J connectivity index is 1.66. The van der Waals surface area contributed by atoms with E-state index in [0.717, 1.165) is 5.75 Å². The highest BCUT2D eigenvalue weighted by Crippen LogP contribution is 2.14. The topological polar surface area (TPSA) is 84.0 Å². The van der Waals surface area contributed by atoms with Crippen LogP contribution in [0.25, 0.3) is 0 Å². The van der Waals surface area contributed by atoms with Gasteiger partial charge in [-0.05, 0) is 24.3 Å². The number of methoxy groups -OCH3 is 1. The Labute approximate surface area is 117 Å². The number of rotatable bonds is 7. The predicted molar refractivity (Wildman–Crippen MR) is 74.4 cm³/mol. The number of nitrogens with one attached hydrogen (secondary N) is 2. The van der Waals surface area contributed by atoms with Crippen LogP contribution in [-0.2, 0) is 9.59 Å². The van der Waals surface area contributed by atoms with Crippen LogP contribution in [-0.4, -0.2) is 38.1 Å². The van der Waals surface area contributed by atoms with E-state index in [9.17, 15) is 9.59 Å². The quantitative estimate of drug-likeness (QED) is 0.627. The van der Waals surface area contributed by atoms with E-state index in [4.69, 9.17) is 4.74 Å². The Morgan fingerprint density at radius 2 is 1.95 bits per heavy atom. The van der Waals surface area contributed by atoms with E-state index in [0.29, 0.717) is 18.3 Å². The zero-order chi connectivity index (χ0) is 14.4. The van der Waals surface area contributed by atoms with Gasteiger partial charge in [-0.2, -0.15) is 0 Å². The van der Waals surface area contributed by atoms with E-state index < -0.39 is 0 Å². The van der Waals surface area contributed by atoms with E-state index in [1.54, 1.807) is 31.4 Å². The molecule has 0 heterocycles. The van der Waals surface area contributed by atoms with Gasteiger partial charge in [-0.1, -0.05) is 0 Å². The second kappa shape index (κ2) is 6.91. The van der Waals surface area contributed by atoms with Crippen molar-refractivity contribution in [3.8, 4) is 5.75 Å². The van der Waals surface area contributed by atoms with Gasteiger partial charge in [0.15, 0.2) is 6.54 Å². The van der Waals surface area contributed by atoms with Crippen LogP contribution in [0, 0.1) is 0 Å². The van der Waals surface area contributed by atoms with E-state index >= 15 is 0 Å². The molecular formula is C14H20N3O3+. The van der Waals surface area contributed by atoms with Crippen LogP contribution in [0.4, 0.5) is 5.69 Å². The summed E-state index contributed by atoms with van der Waals surface area (Å²) in [6, 6.07) is 7.63. The maximum absolute atomic E-state index is 11.7. The Morgan fingerprint density at radius 1 is 1.25 bits per heavy atom. The van der Waals surface area contributed by atoms with Crippen molar-refractivity contribution in [2.75, 3.05) is 25.5 Å². The summed E-state index contributed by atoms with van der Waals surface area (Å²) in [6.45, 7) is 0.379. The smallest absolute Gasteiger partial charge is 0.275 e. The summed E-state index contributed by atoms with van der Waals surface area (Å²) in [4.78, 5) is 23.1. The third-order valence-electron chi connectivity index (χ3n) is 3.08. The molecule has 0 atom stereocenters. The first-order chi connectivity index (χ1) is 9.67. The number of nitrogens with two attached hydrogens (primary N) is 1. The number of hydrogen-bond acceptors (Lipinski definition) is 3. The molecule has 6 heteroatoms. The molecule has 1 aromatic rings. The van der Waals surface area contributed by atoms with Crippen LogP contribution in [0.3, 0.4) is 0 Å². The van der Waals surface area contributed by atoms with Crippen molar-refractivity contribution in [2.45, 2.75) is 18.9 Å². The van der Waals surface area contributed by atoms with Crippen molar-refractivity contribution in [3.63, 3.8) is 0 Å². The van der Waals surface area contributed by atoms with Gasteiger partial charge in [0.2, 0.25) is 5.91 Å². The molecule has 0 bridgehead atoms. The molecule has 0 aliphatic heterocycles. The fraction of sp³-hybridized carbons (Fsp3) is 0.429. The van der Waals surface area contributed by atoms with Crippen LogP contribution in [0.1, 0.15) is 12.8 Å². The Bertz CT molecular complexity index is 469. The minimum absolute atomic E-state index is 0.0105. The molecule has 0 aromatic heterocycles. The molecule has 4 N–H and O–H groups in total. The van der Waals surface area contributed by atoms with Gasteiger partial charge in [0, 0.05) is 18.5 Å². The lowest BCUT2D eigenvalue weighted by Crippen LogP contribution is -2.88. The van der Waals surface area contributed by atoms with E-state index in [2.05, 4.69) is 10.6 Å². The number of anilines is 1. The normalized spacial score (nSPS) is 13.7. The molecule has 0 unspecified atom stereocenters. The monoisotopic (exact) mass is 278 g/mol. The van der Waals surface area contributed by atoms with Gasteiger partial charge in [0.25, 0.3) is 5.91 Å². The highest BCUT2D eigenvalue weighted by molar-refractivity contribution is 5.94. The Morgan fingerprint density at radius 3 is 2.55 bits per heavy atom. The molecule has 108 valence electrons. The SMILES string of the molecule is COc1ccc(NC(=O)CNC(=O)C[NH2+]C2CC2)cc1. The van der Waals surface area contributed by atoms with Gasteiger partial charge >= 0.3 is 0 Å². The van der Waals surface area contributed by atoms with Crippen LogP contribution < -0.4 is 20.7 Å². The predicted octanol–water partition coefficient (Wildman–Crippen LogP) is -0.524. The molecule has 1 aromatic carbocycles. The minimum Gasteiger partial charge on any atom is -0.497 e. The third kappa shape index (κ3) is 4.89. The number of quaternary nitrogens is 1. The molecule has 2 amide bonds. The van der Waals surface area contributed by atoms with Gasteiger partial charge in [-0.25, -0.2) is 0 Å². The first kappa shape index (κ1) is 14.3. The first-order valence-corrected chi connectivity index (χ1v) is 6.71. The van der Waals surface area contributed by atoms with Crippen molar-refractivity contribution in [1.29, 1.82) is 0 Å². The van der Waals surface area contributed by atoms with Crippen molar-refractivity contribution >= 4 is 17.5 Å². The zero-order valence-corrected chi connectivity index (χ0v) is 11.5. The first-order valence-electron chi connectivity index (χ1n) is 6.71. The van der Waals surface area contributed by atoms with E-state index in [1.807, 2.05) is 5.32 Å². The highest BCUT2D eigenvalue weighted by atomic mass is 16.5. The standard InChI is InChI=1S/C14H19N3O3/c1-20-12-6-4-11(5-7-12)17-14(19)9-16-13(18)8-15-10-2-3-10/h4-7,10,15H,2-3,8-9H2,1H3,(H,16,18)(H,17,19)/p+1. The lowest BCUT2D eigenvalue weighted by molar-refractivity contribution is -0.657. The number of carbonyl (C=O) groups excluding carboxylic acids is 2. The molecule has 20 heavy (non-hydrogen) atoms. The average Bonchev–Trinajstić information content (AvgIpc) is 3.28. The highest BCUT2D eigenvalue weighted by Gasteiger charge is 2.25. The summed E-state index contributed by atoms with van der Waals surface area (Å²) in [7, 11) is 1.59. The molecule has 1 fully saturated rings. The van der Waals surface area contributed by atoms with Gasteiger partial charge in [-0.3, -0.25) is 9.59 Å². The van der Waals surface area contributed by atoms with Crippen molar-refractivity contribution < 1.29 is 19.6 Å². The number of carbonyl (C=O) groups is 2. The fourth-order valence-electron chi connectivity index (χ4n) is 1.74. The number of amides is 2. The molecule has 0 spiro atoms. The second-order valence-corrected chi connectivity index (χ2v) is 4.83. The Hall–Kier alpha value is -2.08. The minimum atomic E-state index is -0.241. The van der Waals surface area contributed by atoms with Crippen LogP contribution >= 0.6 is 0 Å². The van der Waals surface area contributed by atoms with Gasteiger partial charge < -0.3 is 20.7 Å². The van der Waals surface area contributed by atoms with Crippen LogP contribution in [0.5, 0.6) is 5.75 Å². The summed E-state index contributed by atoms with van der Waals surface area (Å²) < 4.78 is 5.03. The van der Waals surface area contributed by atoms with Crippen molar-refractivity contribution in [2.24, 2.45) is 0 Å². The Kier molecular flexibility index (Phi) is 4.95. The summed E-state index contributed by atoms with van der Waals surface area (Å²) in [5, 5.41) is 7.32. The molecule has 6 nitrogen and oxygen atoms in total. The summed E-state index contributed by atoms with van der Waals surface area (Å²) >= 11 is 0. The van der Waals surface area contributed by atoms with Gasteiger partial charge in [0.1, 0.15) is 5.75 Å². The van der Waals surface area contributed by atoms with Crippen molar-refractivity contribution in [1.82, 2.24) is 5.32 Å². The second-order valence-electron chi connectivity index (χ2n) is 4.83. The van der Waals surface area contributed by atoms with E-state index in [1.165, 1.54) is 12.8 Å². The molecule has 1 aliphatic rings. The summed E-state index contributed by atoms with van der Waals surface area (Å²) in [5.74, 6) is 0.378. The average molecular weight is 278 g/mol. The molecule has 2 rings (SSSR count). The maximum atomic E-state index is 11.7. The zero-order valence-electron chi connectivity index (χ0n) is 11.5. The molecular weight excluding hydrogens is 258 g/mol. The van der Waals surface area contributed by atoms with Crippen LogP contribution in [0.2, 0.25) is 0 Å². The molecule has 0 radical (unpaired) electrons. The lowest BCUT2D eigenvalue weighted by Gasteiger charge is -2.07. The summed E-state index contributed by atoms with van der Waals surface area (Å²) in [6.07, 6.45) is 2.37. The number of hydrogen-bond donors (Lipinski definition) is 3. The maximum Gasteiger partial charge on any atom is 0.275 e. The van der Waals surface area contributed by atoms with Crippen molar-refractivity contribution in [3.05, 3.63) is 24.3 Å². The third-order valence-corrected chi connectivity index (χ3v) is 3.08. The van der Waals surface area contributed by atoms with Gasteiger partial charge in [0.05, 0.1) is 19.7 Å². The summed E-state index contributed by atoms with van der Waals surface area (Å²) in [5.41, 5.74) is 0.676. The number of ether oxygens (including phenoxy) is 1. The van der Waals surface area contributed by atoms with Crippen LogP contribution in [0.15, 0.2) is 24.3 Å². The molecule has 1 saturated carbocycles. The number of benzene rings is 1. The largest absolute Gasteiger partial charge is 0.497 e. The molecule has 1 aliphatic carbocycles.